The molecule has 0 saturated carbocycles. The summed E-state index contributed by atoms with van der Waals surface area (Å²) in [6, 6.07) is 12.1. The van der Waals surface area contributed by atoms with Gasteiger partial charge in [-0.1, -0.05) is 17.7 Å². The Balaban J connectivity index is 1.69. The monoisotopic (exact) mass is 413 g/mol. The number of nitrogens with one attached hydrogen (secondary N) is 2. The number of carbonyl (C=O) groups is 3. The van der Waals surface area contributed by atoms with Gasteiger partial charge in [-0.05, 0) is 69.2 Å². The molecule has 0 aliphatic carbocycles. The topological polar surface area (TPSA) is 78.5 Å². The Morgan fingerprint density at radius 3 is 2.59 bits per heavy atom. The number of hydrogen-bond donors (Lipinski definition) is 2. The van der Waals surface area contributed by atoms with E-state index in [-0.39, 0.29) is 23.8 Å². The molecular weight excluding hydrogens is 390 g/mol. The normalized spacial score (nSPS) is 16.2. The van der Waals surface area contributed by atoms with Crippen molar-refractivity contribution in [3.8, 4) is 0 Å². The Morgan fingerprint density at radius 1 is 1.17 bits per heavy atom. The molecule has 0 bridgehead atoms. The molecule has 3 rings (SSSR count). The molecule has 2 aromatic rings. The first kappa shape index (κ1) is 20.9. The highest BCUT2D eigenvalue weighted by atomic mass is 35.5. The third-order valence-corrected chi connectivity index (χ3v) is 5.04. The number of benzene rings is 2. The lowest BCUT2D eigenvalue weighted by Crippen LogP contribution is -2.33. The van der Waals surface area contributed by atoms with E-state index in [1.165, 1.54) is 0 Å². The SMILES string of the molecule is Cc1cc(C(=O)NC(C)C)ccc1NC(=O)C1CCN(c2cccc(Cl)c2)C1=O. The molecule has 1 heterocycles. The van der Waals surface area contributed by atoms with Crippen LogP contribution in [-0.4, -0.2) is 30.3 Å². The molecule has 6 nitrogen and oxygen atoms in total. The molecule has 1 unspecified atom stereocenters. The van der Waals surface area contributed by atoms with Gasteiger partial charge < -0.3 is 15.5 Å². The van der Waals surface area contributed by atoms with E-state index in [4.69, 9.17) is 11.6 Å². The van der Waals surface area contributed by atoms with Crippen LogP contribution < -0.4 is 15.5 Å². The minimum atomic E-state index is -0.753. The van der Waals surface area contributed by atoms with Gasteiger partial charge in [-0.3, -0.25) is 14.4 Å². The number of rotatable bonds is 5. The van der Waals surface area contributed by atoms with Crippen LogP contribution in [0, 0.1) is 12.8 Å². The van der Waals surface area contributed by atoms with Crippen molar-refractivity contribution in [3.63, 3.8) is 0 Å². The van der Waals surface area contributed by atoms with E-state index < -0.39 is 5.92 Å². The van der Waals surface area contributed by atoms with Gasteiger partial charge in [0, 0.05) is 34.5 Å². The molecule has 2 aromatic carbocycles. The highest BCUT2D eigenvalue weighted by Crippen LogP contribution is 2.28. The molecule has 1 aliphatic heterocycles. The highest BCUT2D eigenvalue weighted by molar-refractivity contribution is 6.31. The summed E-state index contributed by atoms with van der Waals surface area (Å²) in [6.07, 6.45) is 0.436. The lowest BCUT2D eigenvalue weighted by molar-refractivity contribution is -0.129. The van der Waals surface area contributed by atoms with Crippen molar-refractivity contribution in [1.82, 2.24) is 5.32 Å². The third-order valence-electron chi connectivity index (χ3n) is 4.81. The number of amides is 3. The van der Waals surface area contributed by atoms with Crippen LogP contribution in [0.15, 0.2) is 42.5 Å². The van der Waals surface area contributed by atoms with Crippen molar-refractivity contribution in [2.45, 2.75) is 33.2 Å². The summed E-state index contributed by atoms with van der Waals surface area (Å²) < 4.78 is 0. The molecule has 0 aromatic heterocycles. The molecule has 152 valence electrons. The van der Waals surface area contributed by atoms with E-state index in [9.17, 15) is 14.4 Å². The van der Waals surface area contributed by atoms with E-state index in [0.717, 1.165) is 5.56 Å². The largest absolute Gasteiger partial charge is 0.350 e. The second kappa shape index (κ2) is 8.66. The van der Waals surface area contributed by atoms with E-state index >= 15 is 0 Å². The second-order valence-corrected chi connectivity index (χ2v) is 7.89. The first-order chi connectivity index (χ1) is 13.8. The van der Waals surface area contributed by atoms with Crippen LogP contribution in [0.25, 0.3) is 0 Å². The maximum atomic E-state index is 12.7. The van der Waals surface area contributed by atoms with Crippen LogP contribution in [0.1, 0.15) is 36.2 Å². The van der Waals surface area contributed by atoms with E-state index in [0.29, 0.717) is 34.9 Å². The predicted octanol–water partition coefficient (Wildman–Crippen LogP) is 3.78. The fourth-order valence-electron chi connectivity index (χ4n) is 3.33. The number of nitrogens with zero attached hydrogens (tertiary/aromatic N) is 1. The quantitative estimate of drug-likeness (QED) is 0.732. The number of hydrogen-bond acceptors (Lipinski definition) is 3. The molecule has 1 fully saturated rings. The van der Waals surface area contributed by atoms with Gasteiger partial charge in [0.05, 0.1) is 0 Å². The summed E-state index contributed by atoms with van der Waals surface area (Å²) in [6.45, 7) is 6.07. The van der Waals surface area contributed by atoms with Gasteiger partial charge in [0.1, 0.15) is 5.92 Å². The first-order valence-electron chi connectivity index (χ1n) is 9.55. The van der Waals surface area contributed by atoms with Crippen LogP contribution in [0.3, 0.4) is 0 Å². The van der Waals surface area contributed by atoms with Crippen molar-refractivity contribution in [3.05, 3.63) is 58.6 Å². The predicted molar refractivity (Wildman–Crippen MR) is 114 cm³/mol. The zero-order valence-corrected chi connectivity index (χ0v) is 17.4. The molecular formula is C22H24ClN3O3. The molecule has 1 saturated heterocycles. The number of carbonyl (C=O) groups excluding carboxylic acids is 3. The van der Waals surface area contributed by atoms with Gasteiger partial charge in [0.15, 0.2) is 0 Å². The van der Waals surface area contributed by atoms with Gasteiger partial charge in [0.25, 0.3) is 5.91 Å². The Hall–Kier alpha value is -2.86. The highest BCUT2D eigenvalue weighted by Gasteiger charge is 2.37. The first-order valence-corrected chi connectivity index (χ1v) is 9.93. The lowest BCUT2D eigenvalue weighted by Gasteiger charge is -2.17. The summed E-state index contributed by atoms with van der Waals surface area (Å²) in [5, 5.41) is 6.21. The zero-order valence-electron chi connectivity index (χ0n) is 16.7. The maximum Gasteiger partial charge on any atom is 0.251 e. The Kier molecular flexibility index (Phi) is 6.23. The van der Waals surface area contributed by atoms with Gasteiger partial charge in [-0.15, -0.1) is 0 Å². The van der Waals surface area contributed by atoms with Crippen LogP contribution in [0.4, 0.5) is 11.4 Å². The summed E-state index contributed by atoms with van der Waals surface area (Å²) in [7, 11) is 0. The van der Waals surface area contributed by atoms with E-state index in [2.05, 4.69) is 10.6 Å². The van der Waals surface area contributed by atoms with Gasteiger partial charge in [0.2, 0.25) is 11.8 Å². The molecule has 3 amide bonds. The minimum Gasteiger partial charge on any atom is -0.350 e. The summed E-state index contributed by atoms with van der Waals surface area (Å²) in [4.78, 5) is 39.2. The van der Waals surface area contributed by atoms with E-state index in [1.54, 1.807) is 47.4 Å². The van der Waals surface area contributed by atoms with Crippen LogP contribution >= 0.6 is 11.6 Å². The van der Waals surface area contributed by atoms with Gasteiger partial charge in [-0.2, -0.15) is 0 Å². The smallest absolute Gasteiger partial charge is 0.251 e. The summed E-state index contributed by atoms with van der Waals surface area (Å²) in [5.41, 5.74) is 2.56. The van der Waals surface area contributed by atoms with E-state index in [1.807, 2.05) is 20.8 Å². The average Bonchev–Trinajstić information content (AvgIpc) is 3.04. The van der Waals surface area contributed by atoms with Crippen LogP contribution in [-0.2, 0) is 9.59 Å². The fraction of sp³-hybridized carbons (Fsp3) is 0.318. The van der Waals surface area contributed by atoms with Crippen molar-refractivity contribution < 1.29 is 14.4 Å². The van der Waals surface area contributed by atoms with Crippen LogP contribution in [0.5, 0.6) is 0 Å². The molecule has 1 atom stereocenters. The molecule has 0 radical (unpaired) electrons. The molecule has 7 heteroatoms. The Bertz CT molecular complexity index is 958. The fourth-order valence-corrected chi connectivity index (χ4v) is 3.52. The standard InChI is InChI=1S/C22H24ClN3O3/c1-13(2)24-20(27)15-7-8-19(14(3)11-15)25-21(28)18-9-10-26(22(18)29)17-6-4-5-16(23)12-17/h4-8,11-13,18H,9-10H2,1-3H3,(H,24,27)(H,25,28). The molecule has 1 aliphatic rings. The van der Waals surface area contributed by atoms with Crippen molar-refractivity contribution in [2.75, 3.05) is 16.8 Å². The zero-order chi connectivity index (χ0) is 21.1. The van der Waals surface area contributed by atoms with Gasteiger partial charge >= 0.3 is 0 Å². The second-order valence-electron chi connectivity index (χ2n) is 7.46. The van der Waals surface area contributed by atoms with Crippen molar-refractivity contribution >= 4 is 40.7 Å². The molecule has 2 N–H and O–H groups in total. The average molecular weight is 414 g/mol. The Labute approximate surface area is 175 Å². The lowest BCUT2D eigenvalue weighted by atomic mass is 10.1. The maximum absolute atomic E-state index is 12.7. The Morgan fingerprint density at radius 2 is 1.93 bits per heavy atom. The molecule has 0 spiro atoms. The van der Waals surface area contributed by atoms with Gasteiger partial charge in [-0.25, -0.2) is 0 Å². The van der Waals surface area contributed by atoms with Crippen LogP contribution in [0.2, 0.25) is 5.02 Å². The summed E-state index contributed by atoms with van der Waals surface area (Å²) in [5.74, 6) is -1.50. The number of anilines is 2. The minimum absolute atomic E-state index is 0.0398. The third kappa shape index (κ3) is 4.77. The summed E-state index contributed by atoms with van der Waals surface area (Å²) >= 11 is 6.01. The van der Waals surface area contributed by atoms with Crippen molar-refractivity contribution in [2.24, 2.45) is 5.92 Å². The molecule has 29 heavy (non-hydrogen) atoms. The van der Waals surface area contributed by atoms with Crippen molar-refractivity contribution in [1.29, 1.82) is 0 Å². The number of halogens is 1. The number of aryl methyl sites for hydroxylation is 1.